The molecule has 15 heavy (non-hydrogen) atoms. The third-order valence-corrected chi connectivity index (χ3v) is 2.21. The van der Waals surface area contributed by atoms with Crippen molar-refractivity contribution in [1.29, 1.82) is 0 Å². The van der Waals surface area contributed by atoms with Crippen molar-refractivity contribution in [3.05, 3.63) is 53.9 Å². The van der Waals surface area contributed by atoms with Crippen LogP contribution in [0.25, 0.3) is 0 Å². The molecule has 0 aromatic carbocycles. The zero-order chi connectivity index (χ0) is 11.1. The van der Waals surface area contributed by atoms with Crippen LogP contribution in [-0.4, -0.2) is 16.2 Å². The summed E-state index contributed by atoms with van der Waals surface area (Å²) in [6.07, 6.45) is 7.66. The summed E-state index contributed by atoms with van der Waals surface area (Å²) in [6.45, 7) is 3.88. The first-order valence-electron chi connectivity index (χ1n) is 5.11. The topological polar surface area (TPSA) is 33.1 Å². The molecule has 0 saturated heterocycles. The van der Waals surface area contributed by atoms with Crippen LogP contribution < -0.4 is 0 Å². The van der Waals surface area contributed by atoms with E-state index in [0.717, 1.165) is 11.3 Å². The average molecular weight is 203 g/mol. The predicted octanol–water partition coefficient (Wildman–Crippen LogP) is 2.51. The molecule has 80 valence electrons. The fourth-order valence-electron chi connectivity index (χ4n) is 1.24. The van der Waals surface area contributed by atoms with Crippen molar-refractivity contribution in [3.8, 4) is 0 Å². The summed E-state index contributed by atoms with van der Waals surface area (Å²) >= 11 is 0. The van der Waals surface area contributed by atoms with Gasteiger partial charge in [-0.15, -0.1) is 0 Å². The number of rotatable bonds is 4. The highest BCUT2D eigenvalue weighted by atomic mass is 16.3. The fraction of sp³-hybridized carbons (Fsp3) is 0.308. The van der Waals surface area contributed by atoms with Crippen molar-refractivity contribution in [2.45, 2.75) is 26.4 Å². The maximum Gasteiger partial charge on any atom is 0.0805 e. The molecule has 0 amide bonds. The van der Waals surface area contributed by atoms with E-state index in [0.29, 0.717) is 6.42 Å². The predicted molar refractivity (Wildman–Crippen MR) is 62.5 cm³/mol. The van der Waals surface area contributed by atoms with Crippen LogP contribution in [0.2, 0.25) is 0 Å². The lowest BCUT2D eigenvalue weighted by atomic mass is 10.1. The molecule has 1 unspecified atom stereocenters. The van der Waals surface area contributed by atoms with Gasteiger partial charge in [-0.3, -0.25) is 4.98 Å². The minimum Gasteiger partial charge on any atom is -0.388 e. The third-order valence-electron chi connectivity index (χ3n) is 2.21. The van der Waals surface area contributed by atoms with Crippen LogP contribution in [0, 0.1) is 0 Å². The highest BCUT2D eigenvalue weighted by Gasteiger charge is 2.07. The van der Waals surface area contributed by atoms with E-state index in [1.54, 1.807) is 6.20 Å². The normalized spacial score (nSPS) is 14.5. The van der Waals surface area contributed by atoms with Crippen molar-refractivity contribution in [2.75, 3.05) is 0 Å². The number of pyridine rings is 1. The molecule has 1 aromatic rings. The van der Waals surface area contributed by atoms with Gasteiger partial charge in [0.15, 0.2) is 0 Å². The summed E-state index contributed by atoms with van der Waals surface area (Å²) in [5.41, 5.74) is 1.87. The summed E-state index contributed by atoms with van der Waals surface area (Å²) in [5.74, 6) is 0. The Labute approximate surface area is 91.0 Å². The number of allylic oxidation sites excluding steroid dienone is 3. The minimum absolute atomic E-state index is 0.448. The highest BCUT2D eigenvalue weighted by Crippen LogP contribution is 2.07. The molecule has 0 aliphatic carbocycles. The number of aliphatic hydroxyl groups is 1. The standard InChI is InChI=1S/C13H17NO/c1-3-4-7-11(2)13(15)10-12-8-5-6-9-14-12/h3-9,13,15H,10H2,1-2H3/b4-3-,11-7+. The summed E-state index contributed by atoms with van der Waals surface area (Å²) in [5, 5.41) is 9.86. The van der Waals surface area contributed by atoms with Crippen LogP contribution in [0.5, 0.6) is 0 Å². The van der Waals surface area contributed by atoms with Crippen molar-refractivity contribution in [2.24, 2.45) is 0 Å². The lowest BCUT2D eigenvalue weighted by Crippen LogP contribution is -2.12. The average Bonchev–Trinajstić information content (AvgIpc) is 2.27. The molecule has 1 heterocycles. The fourth-order valence-corrected chi connectivity index (χ4v) is 1.24. The van der Waals surface area contributed by atoms with Crippen molar-refractivity contribution < 1.29 is 5.11 Å². The largest absolute Gasteiger partial charge is 0.388 e. The van der Waals surface area contributed by atoms with E-state index >= 15 is 0 Å². The van der Waals surface area contributed by atoms with E-state index in [1.807, 2.05) is 50.3 Å². The summed E-state index contributed by atoms with van der Waals surface area (Å²) in [7, 11) is 0. The highest BCUT2D eigenvalue weighted by molar-refractivity contribution is 5.16. The van der Waals surface area contributed by atoms with Gasteiger partial charge in [-0.2, -0.15) is 0 Å². The zero-order valence-electron chi connectivity index (χ0n) is 9.22. The zero-order valence-corrected chi connectivity index (χ0v) is 9.22. The maximum absolute atomic E-state index is 9.86. The summed E-state index contributed by atoms with van der Waals surface area (Å²) in [4.78, 5) is 4.18. The van der Waals surface area contributed by atoms with E-state index in [9.17, 15) is 5.11 Å². The van der Waals surface area contributed by atoms with Crippen molar-refractivity contribution in [1.82, 2.24) is 4.98 Å². The smallest absolute Gasteiger partial charge is 0.0805 e. The van der Waals surface area contributed by atoms with Crippen LogP contribution in [0.1, 0.15) is 19.5 Å². The van der Waals surface area contributed by atoms with Gasteiger partial charge in [0.2, 0.25) is 0 Å². The van der Waals surface area contributed by atoms with Gasteiger partial charge in [0.1, 0.15) is 0 Å². The molecule has 0 radical (unpaired) electrons. The Bertz CT molecular complexity index is 341. The Hall–Kier alpha value is -1.41. The second-order valence-electron chi connectivity index (χ2n) is 3.48. The van der Waals surface area contributed by atoms with Crippen molar-refractivity contribution in [3.63, 3.8) is 0 Å². The molecule has 2 nitrogen and oxygen atoms in total. The number of aromatic nitrogens is 1. The van der Waals surface area contributed by atoms with Gasteiger partial charge >= 0.3 is 0 Å². The Morgan fingerprint density at radius 3 is 2.93 bits per heavy atom. The van der Waals surface area contributed by atoms with Gasteiger partial charge in [-0.05, 0) is 31.6 Å². The van der Waals surface area contributed by atoms with Gasteiger partial charge in [0.25, 0.3) is 0 Å². The van der Waals surface area contributed by atoms with Gasteiger partial charge in [-0.25, -0.2) is 0 Å². The Kier molecular flexibility index (Phi) is 4.78. The van der Waals surface area contributed by atoms with Crippen molar-refractivity contribution >= 4 is 0 Å². The molecule has 2 heteroatoms. The van der Waals surface area contributed by atoms with E-state index < -0.39 is 6.10 Å². The maximum atomic E-state index is 9.86. The van der Waals surface area contributed by atoms with Gasteiger partial charge in [0, 0.05) is 18.3 Å². The molecular formula is C13H17NO. The van der Waals surface area contributed by atoms with Gasteiger partial charge in [0.05, 0.1) is 6.10 Å². The van der Waals surface area contributed by atoms with Gasteiger partial charge < -0.3 is 5.11 Å². The van der Waals surface area contributed by atoms with E-state index in [2.05, 4.69) is 4.98 Å². The molecule has 0 aliphatic rings. The quantitative estimate of drug-likeness (QED) is 0.763. The van der Waals surface area contributed by atoms with Crippen LogP contribution in [-0.2, 0) is 6.42 Å². The lowest BCUT2D eigenvalue weighted by molar-refractivity contribution is 0.210. The number of hydrogen-bond donors (Lipinski definition) is 1. The van der Waals surface area contributed by atoms with E-state index in [4.69, 9.17) is 0 Å². The Morgan fingerprint density at radius 1 is 1.53 bits per heavy atom. The SMILES string of the molecule is C/C=C\C=C(/C)C(O)Cc1ccccn1. The second kappa shape index (κ2) is 6.14. The first-order chi connectivity index (χ1) is 7.24. The molecule has 1 aromatic heterocycles. The molecular weight excluding hydrogens is 186 g/mol. The molecule has 0 bridgehead atoms. The first kappa shape index (κ1) is 11.7. The Morgan fingerprint density at radius 2 is 2.33 bits per heavy atom. The summed E-state index contributed by atoms with van der Waals surface area (Å²) < 4.78 is 0. The summed E-state index contributed by atoms with van der Waals surface area (Å²) in [6, 6.07) is 5.73. The second-order valence-corrected chi connectivity index (χ2v) is 3.48. The van der Waals surface area contributed by atoms with Crippen LogP contribution in [0.15, 0.2) is 48.2 Å². The number of hydrogen-bond acceptors (Lipinski definition) is 2. The minimum atomic E-state index is -0.448. The molecule has 0 spiro atoms. The third kappa shape index (κ3) is 4.09. The Balaban J connectivity index is 2.59. The van der Waals surface area contributed by atoms with E-state index in [1.165, 1.54) is 0 Å². The molecule has 1 rings (SSSR count). The van der Waals surface area contributed by atoms with Crippen LogP contribution >= 0.6 is 0 Å². The van der Waals surface area contributed by atoms with Crippen LogP contribution in [0.3, 0.4) is 0 Å². The number of aliphatic hydroxyl groups excluding tert-OH is 1. The molecule has 1 atom stereocenters. The monoisotopic (exact) mass is 203 g/mol. The molecule has 0 saturated carbocycles. The molecule has 1 N–H and O–H groups in total. The van der Waals surface area contributed by atoms with Gasteiger partial charge in [-0.1, -0.05) is 24.3 Å². The molecule has 0 aliphatic heterocycles. The number of nitrogens with zero attached hydrogens (tertiary/aromatic N) is 1. The van der Waals surface area contributed by atoms with Crippen LogP contribution in [0.4, 0.5) is 0 Å². The van der Waals surface area contributed by atoms with E-state index in [-0.39, 0.29) is 0 Å². The molecule has 0 fully saturated rings. The lowest BCUT2D eigenvalue weighted by Gasteiger charge is -2.09. The first-order valence-corrected chi connectivity index (χ1v) is 5.11.